The summed E-state index contributed by atoms with van der Waals surface area (Å²) in [6.07, 6.45) is -2.15. The topological polar surface area (TPSA) is 72.9 Å². The molecule has 0 bridgehead atoms. The summed E-state index contributed by atoms with van der Waals surface area (Å²) < 4.78 is 55.7. The number of para-hydroxylation sites is 1. The minimum absolute atomic E-state index is 0.000934. The van der Waals surface area contributed by atoms with E-state index in [9.17, 15) is 17.6 Å². The van der Waals surface area contributed by atoms with Crippen LogP contribution in [0.25, 0.3) is 11.5 Å². The van der Waals surface area contributed by atoms with Gasteiger partial charge in [0.25, 0.3) is 5.78 Å². The summed E-state index contributed by atoms with van der Waals surface area (Å²) in [5.41, 5.74) is -0.00239. The Balaban J connectivity index is 1.78. The van der Waals surface area contributed by atoms with Gasteiger partial charge in [-0.3, -0.25) is 0 Å². The van der Waals surface area contributed by atoms with E-state index in [0.29, 0.717) is 11.4 Å². The van der Waals surface area contributed by atoms with Crippen molar-refractivity contribution in [2.75, 3.05) is 5.32 Å². The number of hydrogen-bond donors (Lipinski definition) is 1. The number of rotatable bonds is 3. The highest BCUT2D eigenvalue weighted by atomic mass is 19.4. The summed E-state index contributed by atoms with van der Waals surface area (Å²) in [4.78, 5) is 7.16. The third-order valence-electron chi connectivity index (χ3n) is 3.90. The van der Waals surface area contributed by atoms with Crippen LogP contribution in [0.1, 0.15) is 11.4 Å². The lowest BCUT2D eigenvalue weighted by molar-refractivity contribution is -0.141. The molecule has 0 saturated heterocycles. The summed E-state index contributed by atoms with van der Waals surface area (Å²) in [7, 11) is 0. The van der Waals surface area contributed by atoms with Crippen LogP contribution in [0.2, 0.25) is 0 Å². The van der Waals surface area contributed by atoms with Crippen LogP contribution in [0.3, 0.4) is 0 Å². The molecule has 0 spiro atoms. The molecule has 3 aromatic heterocycles. The first-order valence-electron chi connectivity index (χ1n) is 7.69. The number of benzene rings is 1. The second-order valence-electron chi connectivity index (χ2n) is 5.63. The van der Waals surface area contributed by atoms with Gasteiger partial charge in [-0.1, -0.05) is 12.1 Å². The van der Waals surface area contributed by atoms with Gasteiger partial charge in [0.15, 0.2) is 5.69 Å². The lowest BCUT2D eigenvalue weighted by Gasteiger charge is -2.11. The quantitative estimate of drug-likeness (QED) is 0.553. The molecule has 0 aliphatic carbocycles. The predicted molar refractivity (Wildman–Crippen MR) is 87.3 cm³/mol. The highest BCUT2D eigenvalue weighted by Crippen LogP contribution is 2.31. The van der Waals surface area contributed by atoms with Crippen LogP contribution in [0, 0.1) is 12.7 Å². The van der Waals surface area contributed by atoms with Gasteiger partial charge < -0.3 is 5.32 Å². The van der Waals surface area contributed by atoms with E-state index in [1.807, 2.05) is 0 Å². The second kappa shape index (κ2) is 6.04. The Morgan fingerprint density at radius 2 is 1.89 bits per heavy atom. The molecule has 0 saturated carbocycles. The van der Waals surface area contributed by atoms with Gasteiger partial charge in [-0.2, -0.15) is 32.9 Å². The van der Waals surface area contributed by atoms with Crippen LogP contribution in [-0.4, -0.2) is 29.4 Å². The first kappa shape index (κ1) is 16.9. The molecular weight excluding hydrogens is 366 g/mol. The summed E-state index contributed by atoms with van der Waals surface area (Å²) in [5.74, 6) is -0.676. The zero-order valence-corrected chi connectivity index (χ0v) is 13.7. The molecule has 138 valence electrons. The maximum atomic E-state index is 14.0. The minimum Gasteiger partial charge on any atom is -0.337 e. The molecule has 0 radical (unpaired) electrons. The number of aromatic nitrogens is 6. The molecule has 0 amide bonds. The molecule has 11 heteroatoms. The van der Waals surface area contributed by atoms with E-state index in [1.54, 1.807) is 25.1 Å². The highest BCUT2D eigenvalue weighted by Gasteiger charge is 2.34. The molecule has 4 aromatic rings. The third-order valence-corrected chi connectivity index (χ3v) is 3.90. The van der Waals surface area contributed by atoms with Crippen molar-refractivity contribution < 1.29 is 17.6 Å². The number of hydrogen-bond acceptors (Lipinski definition) is 5. The predicted octanol–water partition coefficient (Wildman–Crippen LogP) is 3.52. The van der Waals surface area contributed by atoms with Gasteiger partial charge in [-0.15, -0.1) is 0 Å². The van der Waals surface area contributed by atoms with Gasteiger partial charge in [-0.05, 0) is 19.1 Å². The molecule has 0 aliphatic heterocycles. The van der Waals surface area contributed by atoms with E-state index in [-0.39, 0.29) is 17.3 Å². The lowest BCUT2D eigenvalue weighted by Crippen LogP contribution is -2.12. The van der Waals surface area contributed by atoms with Crippen LogP contribution in [0.15, 0.2) is 42.9 Å². The Kier molecular flexibility index (Phi) is 3.79. The molecule has 0 atom stereocenters. The van der Waals surface area contributed by atoms with Crippen LogP contribution in [-0.2, 0) is 6.18 Å². The molecule has 4 rings (SSSR count). The van der Waals surface area contributed by atoms with Crippen molar-refractivity contribution >= 4 is 17.3 Å². The SMILES string of the molecule is Cc1c(Nc2cc(C(F)(F)F)nc3ncnn23)cnn1-c1ccccc1F. The van der Waals surface area contributed by atoms with Crippen molar-refractivity contribution in [1.29, 1.82) is 0 Å². The van der Waals surface area contributed by atoms with E-state index in [1.165, 1.54) is 16.9 Å². The Bertz CT molecular complexity index is 1130. The standard InChI is InChI=1S/C16H11F4N7/c1-9-11(7-22-26(9)12-5-3-2-4-10(12)17)24-14-6-13(16(18,19)20)25-15-21-8-23-27(14)15/h2-8,24H,1H3. The maximum absolute atomic E-state index is 14.0. The van der Waals surface area contributed by atoms with Crippen molar-refractivity contribution in [3.05, 3.63) is 60.1 Å². The third kappa shape index (κ3) is 2.96. The zero-order chi connectivity index (χ0) is 19.2. The number of anilines is 2. The molecule has 0 unspecified atom stereocenters. The number of alkyl halides is 3. The van der Waals surface area contributed by atoms with E-state index in [2.05, 4.69) is 25.5 Å². The Morgan fingerprint density at radius 1 is 1.11 bits per heavy atom. The van der Waals surface area contributed by atoms with Crippen molar-refractivity contribution in [2.45, 2.75) is 13.1 Å². The Labute approximate surface area is 149 Å². The molecule has 1 aromatic carbocycles. The summed E-state index contributed by atoms with van der Waals surface area (Å²) in [5, 5.41) is 10.8. The van der Waals surface area contributed by atoms with Crippen molar-refractivity contribution in [1.82, 2.24) is 29.4 Å². The second-order valence-corrected chi connectivity index (χ2v) is 5.63. The fraction of sp³-hybridized carbons (Fsp3) is 0.125. The molecule has 1 N–H and O–H groups in total. The maximum Gasteiger partial charge on any atom is 0.433 e. The summed E-state index contributed by atoms with van der Waals surface area (Å²) in [6.45, 7) is 1.66. The van der Waals surface area contributed by atoms with Gasteiger partial charge in [0, 0.05) is 6.07 Å². The van der Waals surface area contributed by atoms with E-state index >= 15 is 0 Å². The van der Waals surface area contributed by atoms with E-state index < -0.39 is 17.7 Å². The van der Waals surface area contributed by atoms with Crippen molar-refractivity contribution in [3.63, 3.8) is 0 Å². The lowest BCUT2D eigenvalue weighted by atomic mass is 10.3. The smallest absolute Gasteiger partial charge is 0.337 e. The zero-order valence-electron chi connectivity index (χ0n) is 13.7. The number of halogens is 4. The highest BCUT2D eigenvalue weighted by molar-refractivity contribution is 5.61. The first-order valence-corrected chi connectivity index (χ1v) is 7.69. The van der Waals surface area contributed by atoms with Crippen LogP contribution < -0.4 is 5.32 Å². The Hall–Kier alpha value is -3.50. The average Bonchev–Trinajstić information content (AvgIpc) is 3.22. The van der Waals surface area contributed by atoms with Gasteiger partial charge in [0.2, 0.25) is 0 Å². The minimum atomic E-state index is -4.64. The number of nitrogens with zero attached hydrogens (tertiary/aromatic N) is 6. The van der Waals surface area contributed by atoms with Gasteiger partial charge in [0.05, 0.1) is 17.6 Å². The fourth-order valence-corrected chi connectivity index (χ4v) is 2.58. The van der Waals surface area contributed by atoms with Gasteiger partial charge >= 0.3 is 6.18 Å². The van der Waals surface area contributed by atoms with Gasteiger partial charge in [0.1, 0.15) is 23.6 Å². The van der Waals surface area contributed by atoms with E-state index in [4.69, 9.17) is 0 Å². The molecule has 27 heavy (non-hydrogen) atoms. The van der Waals surface area contributed by atoms with Crippen LogP contribution >= 0.6 is 0 Å². The van der Waals surface area contributed by atoms with Crippen molar-refractivity contribution in [3.8, 4) is 5.69 Å². The summed E-state index contributed by atoms with van der Waals surface area (Å²) in [6, 6.07) is 6.86. The molecular formula is C16H11F4N7. The van der Waals surface area contributed by atoms with Gasteiger partial charge in [-0.25, -0.2) is 14.1 Å². The van der Waals surface area contributed by atoms with Crippen LogP contribution in [0.5, 0.6) is 0 Å². The van der Waals surface area contributed by atoms with Crippen molar-refractivity contribution in [2.24, 2.45) is 0 Å². The largest absolute Gasteiger partial charge is 0.433 e. The fourth-order valence-electron chi connectivity index (χ4n) is 2.58. The normalized spacial score (nSPS) is 11.9. The molecule has 7 nitrogen and oxygen atoms in total. The monoisotopic (exact) mass is 377 g/mol. The van der Waals surface area contributed by atoms with Crippen LogP contribution in [0.4, 0.5) is 29.1 Å². The number of nitrogens with one attached hydrogen (secondary N) is 1. The molecule has 3 heterocycles. The van der Waals surface area contributed by atoms with E-state index in [0.717, 1.165) is 16.9 Å². The Morgan fingerprint density at radius 3 is 2.63 bits per heavy atom. The number of fused-ring (bicyclic) bond motifs is 1. The average molecular weight is 377 g/mol. The molecule has 0 aliphatic rings. The first-order chi connectivity index (χ1) is 12.8. The summed E-state index contributed by atoms with van der Waals surface area (Å²) >= 11 is 0. The molecule has 0 fully saturated rings.